The van der Waals surface area contributed by atoms with Gasteiger partial charge in [-0.25, -0.2) is 4.98 Å². The van der Waals surface area contributed by atoms with Crippen LogP contribution < -0.4 is 0 Å². The fraction of sp³-hybridized carbons (Fsp3) is 0.529. The monoisotopic (exact) mass is 316 g/mol. The zero-order chi connectivity index (χ0) is 16.2. The van der Waals surface area contributed by atoms with Gasteiger partial charge in [0.2, 0.25) is 0 Å². The molecule has 2 heterocycles. The minimum Gasteiger partial charge on any atom is -0.387 e. The van der Waals surface area contributed by atoms with Crippen LogP contribution in [0.15, 0.2) is 30.9 Å². The van der Waals surface area contributed by atoms with Gasteiger partial charge in [0.05, 0.1) is 25.4 Å². The number of benzene rings is 1. The van der Waals surface area contributed by atoms with Gasteiger partial charge in [0.15, 0.2) is 0 Å². The number of morpholine rings is 1. The third kappa shape index (κ3) is 4.16. The number of aryl methyl sites for hydroxylation is 2. The largest absolute Gasteiger partial charge is 0.387 e. The molecule has 6 nitrogen and oxygen atoms in total. The van der Waals surface area contributed by atoms with E-state index in [2.05, 4.69) is 41.0 Å². The molecular formula is C17H24N4O2. The molecule has 1 aromatic heterocycles. The Hall–Kier alpha value is -1.76. The molecule has 1 fully saturated rings. The first kappa shape index (κ1) is 16.1. The number of hydrogen-bond donors (Lipinski definition) is 1. The maximum absolute atomic E-state index is 10.5. The molecule has 6 heteroatoms. The first-order valence-corrected chi connectivity index (χ1v) is 8.03. The van der Waals surface area contributed by atoms with Gasteiger partial charge in [-0.2, -0.15) is 5.10 Å². The molecular weight excluding hydrogens is 292 g/mol. The Bertz CT molecular complexity index is 630. The molecule has 1 aliphatic rings. The Morgan fingerprint density at radius 2 is 2.22 bits per heavy atom. The summed E-state index contributed by atoms with van der Waals surface area (Å²) in [6, 6.07) is 6.16. The van der Waals surface area contributed by atoms with Crippen molar-refractivity contribution in [3.05, 3.63) is 47.5 Å². The normalized spacial score (nSPS) is 20.6. The van der Waals surface area contributed by atoms with E-state index in [0.29, 0.717) is 19.7 Å². The van der Waals surface area contributed by atoms with Gasteiger partial charge in [-0.05, 0) is 30.5 Å². The molecule has 0 saturated carbocycles. The van der Waals surface area contributed by atoms with E-state index >= 15 is 0 Å². The van der Waals surface area contributed by atoms with Crippen LogP contribution in [-0.2, 0) is 11.3 Å². The zero-order valence-corrected chi connectivity index (χ0v) is 13.7. The highest BCUT2D eigenvalue weighted by molar-refractivity contribution is 5.31. The molecule has 0 amide bonds. The topological polar surface area (TPSA) is 63.4 Å². The van der Waals surface area contributed by atoms with E-state index in [4.69, 9.17) is 4.74 Å². The molecule has 3 rings (SSSR count). The highest BCUT2D eigenvalue weighted by Gasteiger charge is 2.23. The molecule has 124 valence electrons. The summed E-state index contributed by atoms with van der Waals surface area (Å²) in [6.07, 6.45) is 2.84. The Balaban J connectivity index is 1.57. The summed E-state index contributed by atoms with van der Waals surface area (Å²) >= 11 is 0. The lowest BCUT2D eigenvalue weighted by Crippen LogP contribution is -2.45. The Morgan fingerprint density at radius 3 is 2.96 bits per heavy atom. The van der Waals surface area contributed by atoms with Crippen molar-refractivity contribution in [1.82, 2.24) is 19.7 Å². The van der Waals surface area contributed by atoms with Gasteiger partial charge in [0, 0.05) is 19.6 Å². The zero-order valence-electron chi connectivity index (χ0n) is 13.7. The second kappa shape index (κ2) is 7.21. The fourth-order valence-corrected chi connectivity index (χ4v) is 2.91. The van der Waals surface area contributed by atoms with Crippen molar-refractivity contribution >= 4 is 0 Å². The van der Waals surface area contributed by atoms with Crippen LogP contribution in [-0.4, -0.2) is 57.1 Å². The lowest BCUT2D eigenvalue weighted by atomic mass is 10.0. The smallest absolute Gasteiger partial charge is 0.137 e. The van der Waals surface area contributed by atoms with E-state index in [9.17, 15) is 5.11 Å². The molecule has 1 saturated heterocycles. The number of hydrogen-bond acceptors (Lipinski definition) is 5. The summed E-state index contributed by atoms with van der Waals surface area (Å²) < 4.78 is 7.58. The summed E-state index contributed by atoms with van der Waals surface area (Å²) in [7, 11) is 0. The van der Waals surface area contributed by atoms with Gasteiger partial charge >= 0.3 is 0 Å². The molecule has 2 atom stereocenters. The van der Waals surface area contributed by atoms with E-state index in [1.54, 1.807) is 11.0 Å². The lowest BCUT2D eigenvalue weighted by Gasteiger charge is -2.34. The molecule has 0 bridgehead atoms. The first-order valence-electron chi connectivity index (χ1n) is 8.03. The molecule has 0 aliphatic carbocycles. The number of nitrogens with zero attached hydrogens (tertiary/aromatic N) is 4. The lowest BCUT2D eigenvalue weighted by molar-refractivity contribution is -0.0487. The van der Waals surface area contributed by atoms with Crippen LogP contribution in [0.3, 0.4) is 0 Å². The number of rotatable bonds is 5. The number of ether oxygens (including phenoxy) is 1. The summed E-state index contributed by atoms with van der Waals surface area (Å²) in [5.41, 5.74) is 3.44. The summed E-state index contributed by atoms with van der Waals surface area (Å²) in [5.74, 6) is 0. The molecule has 1 aromatic carbocycles. The van der Waals surface area contributed by atoms with Crippen molar-refractivity contribution < 1.29 is 9.84 Å². The number of β-amino-alcohol motifs (C(OH)–C–C–N with tert-alkyl or cyclic N) is 1. The van der Waals surface area contributed by atoms with Gasteiger partial charge in [0.1, 0.15) is 12.7 Å². The first-order chi connectivity index (χ1) is 11.1. The van der Waals surface area contributed by atoms with Crippen LogP contribution in [0.25, 0.3) is 0 Å². The van der Waals surface area contributed by atoms with Crippen molar-refractivity contribution in [1.29, 1.82) is 0 Å². The van der Waals surface area contributed by atoms with Crippen molar-refractivity contribution in [3.63, 3.8) is 0 Å². The predicted molar refractivity (Wildman–Crippen MR) is 87.1 cm³/mol. The fourth-order valence-electron chi connectivity index (χ4n) is 2.91. The maximum atomic E-state index is 10.5. The highest BCUT2D eigenvalue weighted by Crippen LogP contribution is 2.19. The van der Waals surface area contributed by atoms with E-state index in [1.165, 1.54) is 17.5 Å². The van der Waals surface area contributed by atoms with Gasteiger partial charge < -0.3 is 9.84 Å². The van der Waals surface area contributed by atoms with Crippen LogP contribution in [0, 0.1) is 13.8 Å². The standard InChI is InChI=1S/C17H24N4O2/c1-13-3-4-15(7-14(13)2)17(22)10-20-5-6-23-16(8-20)9-21-12-18-11-19-21/h3-4,7,11-12,16-17,22H,5-6,8-10H2,1-2H3/t16-,17+/m0/s1. The number of aliphatic hydroxyl groups is 1. The molecule has 0 unspecified atom stereocenters. The third-order valence-corrected chi connectivity index (χ3v) is 4.43. The second-order valence-electron chi connectivity index (χ2n) is 6.23. The highest BCUT2D eigenvalue weighted by atomic mass is 16.5. The minimum absolute atomic E-state index is 0.0809. The van der Waals surface area contributed by atoms with E-state index in [1.807, 2.05) is 6.07 Å². The van der Waals surface area contributed by atoms with Gasteiger partial charge in [0.25, 0.3) is 0 Å². The SMILES string of the molecule is Cc1ccc([C@H](O)CN2CCO[C@H](Cn3cncn3)C2)cc1C. The van der Waals surface area contributed by atoms with Crippen molar-refractivity contribution in [3.8, 4) is 0 Å². The molecule has 1 aliphatic heterocycles. The summed E-state index contributed by atoms with van der Waals surface area (Å²) in [5, 5.41) is 14.6. The predicted octanol–water partition coefficient (Wildman–Crippen LogP) is 1.33. The maximum Gasteiger partial charge on any atom is 0.137 e. The average Bonchev–Trinajstić information content (AvgIpc) is 3.03. The molecule has 1 N–H and O–H groups in total. The molecule has 0 spiro atoms. The van der Waals surface area contributed by atoms with Crippen LogP contribution >= 0.6 is 0 Å². The van der Waals surface area contributed by atoms with E-state index < -0.39 is 6.10 Å². The number of aromatic nitrogens is 3. The molecule has 0 radical (unpaired) electrons. The average molecular weight is 316 g/mol. The van der Waals surface area contributed by atoms with Crippen LogP contribution in [0.4, 0.5) is 0 Å². The van der Waals surface area contributed by atoms with Crippen molar-refractivity contribution in [2.45, 2.75) is 32.6 Å². The van der Waals surface area contributed by atoms with Crippen LogP contribution in [0.1, 0.15) is 22.8 Å². The van der Waals surface area contributed by atoms with Gasteiger partial charge in [-0.15, -0.1) is 0 Å². The van der Waals surface area contributed by atoms with Crippen molar-refractivity contribution in [2.75, 3.05) is 26.2 Å². The molecule has 23 heavy (non-hydrogen) atoms. The Labute approximate surface area is 136 Å². The second-order valence-corrected chi connectivity index (χ2v) is 6.23. The van der Waals surface area contributed by atoms with Gasteiger partial charge in [-0.3, -0.25) is 9.58 Å². The minimum atomic E-state index is -0.473. The van der Waals surface area contributed by atoms with Crippen LogP contribution in [0.5, 0.6) is 0 Å². The van der Waals surface area contributed by atoms with Crippen molar-refractivity contribution in [2.24, 2.45) is 0 Å². The quantitative estimate of drug-likeness (QED) is 0.901. The Kier molecular flexibility index (Phi) is 5.05. The summed E-state index contributed by atoms with van der Waals surface area (Å²) in [4.78, 5) is 6.21. The van der Waals surface area contributed by atoms with Gasteiger partial charge in [-0.1, -0.05) is 18.2 Å². The van der Waals surface area contributed by atoms with Crippen LogP contribution in [0.2, 0.25) is 0 Å². The Morgan fingerprint density at radius 1 is 1.35 bits per heavy atom. The third-order valence-electron chi connectivity index (χ3n) is 4.43. The summed E-state index contributed by atoms with van der Waals surface area (Å²) in [6.45, 7) is 7.79. The number of aliphatic hydroxyl groups excluding tert-OH is 1. The van der Waals surface area contributed by atoms with E-state index in [0.717, 1.165) is 18.7 Å². The molecule has 2 aromatic rings. The van der Waals surface area contributed by atoms with E-state index in [-0.39, 0.29) is 6.10 Å².